The predicted octanol–water partition coefficient (Wildman–Crippen LogP) is 1.28. The number of carbonyl (C=O) groups excluding carboxylic acids is 1. The number of carbonyl (C=O) groups is 1. The van der Waals surface area contributed by atoms with Crippen molar-refractivity contribution >= 4 is 5.91 Å². The van der Waals surface area contributed by atoms with Gasteiger partial charge >= 0.3 is 0 Å². The topological polar surface area (TPSA) is 86.8 Å². The average Bonchev–Trinajstić information content (AvgIpc) is 3.36. The van der Waals surface area contributed by atoms with Crippen molar-refractivity contribution in [1.29, 1.82) is 5.26 Å². The van der Waals surface area contributed by atoms with E-state index in [0.29, 0.717) is 11.8 Å². The zero-order valence-corrected chi connectivity index (χ0v) is 15.4. The molecule has 1 aromatic heterocycles. The standard InChI is InChI=1S/C19H25FN6O/c20-15-2-16(6-21)26(8-15)17(27)7-23-19-4-13-1-14(19)5-18(3-13,9-19)10-25-12-22-11-24-25/h11-16,23H,1-5,7-10H2/t13?,14?,15-,16+,18?,19?/m1/s1. The van der Waals surface area contributed by atoms with Gasteiger partial charge in [-0.3, -0.25) is 9.48 Å². The van der Waals surface area contributed by atoms with Crippen molar-refractivity contribution in [1.82, 2.24) is 25.0 Å². The first-order valence-corrected chi connectivity index (χ1v) is 9.91. The van der Waals surface area contributed by atoms with E-state index in [2.05, 4.69) is 21.5 Å². The predicted molar refractivity (Wildman–Crippen MR) is 93.9 cm³/mol. The van der Waals surface area contributed by atoms with Gasteiger partial charge in [0.1, 0.15) is 24.9 Å². The minimum Gasteiger partial charge on any atom is -0.323 e. The van der Waals surface area contributed by atoms with Crippen LogP contribution in [0.3, 0.4) is 0 Å². The molecule has 7 nitrogen and oxygen atoms in total. The van der Waals surface area contributed by atoms with Gasteiger partial charge in [-0.1, -0.05) is 0 Å². The summed E-state index contributed by atoms with van der Waals surface area (Å²) < 4.78 is 15.6. The molecule has 1 aliphatic heterocycles. The summed E-state index contributed by atoms with van der Waals surface area (Å²) in [6.07, 6.45) is 8.24. The van der Waals surface area contributed by atoms with E-state index in [0.717, 1.165) is 19.4 Å². The molecule has 0 spiro atoms. The van der Waals surface area contributed by atoms with E-state index in [9.17, 15) is 14.4 Å². The van der Waals surface area contributed by atoms with Gasteiger partial charge in [0.05, 0.1) is 19.2 Å². The minimum atomic E-state index is -1.08. The summed E-state index contributed by atoms with van der Waals surface area (Å²) >= 11 is 0. The molecule has 0 aromatic carbocycles. The van der Waals surface area contributed by atoms with Crippen molar-refractivity contribution in [3.05, 3.63) is 12.7 Å². The molecule has 4 bridgehead atoms. The number of alkyl halides is 1. The summed E-state index contributed by atoms with van der Waals surface area (Å²) in [5, 5.41) is 17.1. The second-order valence-electron chi connectivity index (χ2n) is 9.21. The van der Waals surface area contributed by atoms with Crippen LogP contribution in [-0.4, -0.2) is 56.4 Å². The van der Waals surface area contributed by atoms with E-state index in [4.69, 9.17) is 0 Å². The number of rotatable bonds is 5. The van der Waals surface area contributed by atoms with Crippen LogP contribution in [-0.2, 0) is 11.3 Å². The van der Waals surface area contributed by atoms with Crippen molar-refractivity contribution in [2.75, 3.05) is 13.1 Å². The summed E-state index contributed by atoms with van der Waals surface area (Å²) in [6.45, 7) is 1.14. The molecule has 1 N–H and O–H groups in total. The molecule has 0 radical (unpaired) electrons. The Hall–Kier alpha value is -2.01. The Morgan fingerprint density at radius 2 is 2.26 bits per heavy atom. The van der Waals surface area contributed by atoms with Gasteiger partial charge in [-0.2, -0.15) is 10.4 Å². The summed E-state index contributed by atoms with van der Waals surface area (Å²) in [6, 6.07) is 1.44. The molecule has 1 amide bonds. The van der Waals surface area contributed by atoms with Gasteiger partial charge in [0.2, 0.25) is 5.91 Å². The SMILES string of the molecule is N#C[C@@H]1C[C@@H](F)CN1C(=O)CNC12CC3CC1CC(Cn1cncn1)(C3)C2. The summed E-state index contributed by atoms with van der Waals surface area (Å²) in [5.74, 6) is 1.15. The number of aromatic nitrogens is 3. The lowest BCUT2D eigenvalue weighted by atomic mass is 9.68. The molecule has 5 aliphatic rings. The molecule has 144 valence electrons. The molecule has 1 saturated heterocycles. The summed E-state index contributed by atoms with van der Waals surface area (Å²) in [5.41, 5.74) is 0.249. The van der Waals surface area contributed by atoms with Crippen LogP contribution < -0.4 is 5.32 Å². The van der Waals surface area contributed by atoms with Crippen LogP contribution in [0.4, 0.5) is 4.39 Å². The normalized spacial score (nSPS) is 42.0. The van der Waals surface area contributed by atoms with E-state index in [1.54, 1.807) is 12.7 Å². The molecule has 4 aliphatic carbocycles. The second kappa shape index (κ2) is 5.99. The van der Waals surface area contributed by atoms with Gasteiger partial charge in [-0.25, -0.2) is 9.37 Å². The Morgan fingerprint density at radius 3 is 3.04 bits per heavy atom. The van der Waals surface area contributed by atoms with Gasteiger partial charge in [0, 0.05) is 18.5 Å². The van der Waals surface area contributed by atoms with Gasteiger partial charge in [0.15, 0.2) is 0 Å². The van der Waals surface area contributed by atoms with E-state index >= 15 is 0 Å². The van der Waals surface area contributed by atoms with Gasteiger partial charge < -0.3 is 10.2 Å². The second-order valence-corrected chi connectivity index (χ2v) is 9.21. The Kier molecular flexibility index (Phi) is 3.80. The number of nitrogens with zero attached hydrogens (tertiary/aromatic N) is 5. The highest BCUT2D eigenvalue weighted by Gasteiger charge is 2.63. The number of halogens is 1. The smallest absolute Gasteiger partial charge is 0.237 e. The van der Waals surface area contributed by atoms with E-state index in [1.807, 2.05) is 4.68 Å². The lowest BCUT2D eigenvalue weighted by molar-refractivity contribution is -0.130. The highest BCUT2D eigenvalue weighted by atomic mass is 19.1. The highest BCUT2D eigenvalue weighted by molar-refractivity contribution is 5.79. The summed E-state index contributed by atoms with van der Waals surface area (Å²) in [7, 11) is 0. The number of amides is 1. The Labute approximate surface area is 157 Å². The number of nitrogens with one attached hydrogen (secondary N) is 1. The molecule has 6 rings (SSSR count). The zero-order chi connectivity index (χ0) is 18.6. The molecule has 8 heteroatoms. The first kappa shape index (κ1) is 17.1. The molecule has 4 unspecified atom stereocenters. The fraction of sp³-hybridized carbons (Fsp3) is 0.789. The third kappa shape index (κ3) is 2.75. The molecule has 27 heavy (non-hydrogen) atoms. The Bertz CT molecular complexity index is 778. The fourth-order valence-electron chi connectivity index (χ4n) is 6.73. The zero-order valence-electron chi connectivity index (χ0n) is 15.4. The van der Waals surface area contributed by atoms with Crippen molar-refractivity contribution in [3.8, 4) is 6.07 Å². The Morgan fingerprint density at radius 1 is 1.37 bits per heavy atom. The molecule has 1 aromatic rings. The van der Waals surface area contributed by atoms with Gasteiger partial charge in [-0.15, -0.1) is 0 Å². The van der Waals surface area contributed by atoms with Crippen molar-refractivity contribution < 1.29 is 9.18 Å². The maximum absolute atomic E-state index is 13.6. The third-order valence-corrected chi connectivity index (χ3v) is 7.42. The number of nitriles is 1. The number of hydrogen-bond acceptors (Lipinski definition) is 5. The lowest BCUT2D eigenvalue weighted by Gasteiger charge is -2.41. The monoisotopic (exact) mass is 372 g/mol. The highest BCUT2D eigenvalue weighted by Crippen LogP contribution is 2.66. The van der Waals surface area contributed by atoms with Crippen molar-refractivity contribution in [3.63, 3.8) is 0 Å². The third-order valence-electron chi connectivity index (χ3n) is 7.42. The molecule has 4 saturated carbocycles. The maximum Gasteiger partial charge on any atom is 0.237 e. The van der Waals surface area contributed by atoms with Gasteiger partial charge in [-0.05, 0) is 49.4 Å². The van der Waals surface area contributed by atoms with E-state index in [1.165, 1.54) is 24.2 Å². The average molecular weight is 372 g/mol. The molecule has 6 atom stereocenters. The van der Waals surface area contributed by atoms with Crippen LogP contribution in [0, 0.1) is 28.6 Å². The van der Waals surface area contributed by atoms with Crippen LogP contribution in [0.1, 0.15) is 38.5 Å². The summed E-state index contributed by atoms with van der Waals surface area (Å²) in [4.78, 5) is 18.1. The van der Waals surface area contributed by atoms with Crippen LogP contribution in [0.25, 0.3) is 0 Å². The van der Waals surface area contributed by atoms with Crippen molar-refractivity contribution in [2.45, 2.75) is 62.8 Å². The Balaban J connectivity index is 1.27. The first-order valence-electron chi connectivity index (χ1n) is 9.91. The number of hydrogen-bond donors (Lipinski definition) is 1. The minimum absolute atomic E-state index is 0.0101. The number of likely N-dealkylation sites (tertiary alicyclic amines) is 1. The van der Waals surface area contributed by atoms with Crippen LogP contribution in [0.5, 0.6) is 0 Å². The maximum atomic E-state index is 13.6. The molecule has 2 heterocycles. The van der Waals surface area contributed by atoms with Crippen LogP contribution in [0.2, 0.25) is 0 Å². The fourth-order valence-corrected chi connectivity index (χ4v) is 6.73. The largest absolute Gasteiger partial charge is 0.323 e. The first-order chi connectivity index (χ1) is 13.0. The van der Waals surface area contributed by atoms with E-state index < -0.39 is 12.2 Å². The molecular weight excluding hydrogens is 347 g/mol. The van der Waals surface area contributed by atoms with Crippen LogP contribution >= 0.6 is 0 Å². The lowest BCUT2D eigenvalue weighted by Crippen LogP contribution is -2.52. The molecule has 5 fully saturated rings. The quantitative estimate of drug-likeness (QED) is 0.841. The van der Waals surface area contributed by atoms with Crippen LogP contribution in [0.15, 0.2) is 12.7 Å². The van der Waals surface area contributed by atoms with E-state index in [-0.39, 0.29) is 36.4 Å². The van der Waals surface area contributed by atoms with Crippen molar-refractivity contribution in [2.24, 2.45) is 17.3 Å². The van der Waals surface area contributed by atoms with Gasteiger partial charge in [0.25, 0.3) is 0 Å². The molecular formula is C19H25FN6O.